The van der Waals surface area contributed by atoms with Gasteiger partial charge in [0.05, 0.1) is 6.54 Å². The van der Waals surface area contributed by atoms with E-state index in [9.17, 15) is 4.79 Å². The van der Waals surface area contributed by atoms with Crippen LogP contribution in [-0.2, 0) is 6.54 Å². The van der Waals surface area contributed by atoms with Crippen LogP contribution in [0.2, 0.25) is 0 Å². The smallest absolute Gasteiger partial charge is 0.272 e. The lowest BCUT2D eigenvalue weighted by atomic mass is 10.1. The lowest BCUT2D eigenvalue weighted by molar-refractivity contribution is 0.0741. The molecule has 0 aliphatic carbocycles. The van der Waals surface area contributed by atoms with E-state index >= 15 is 0 Å². The van der Waals surface area contributed by atoms with Crippen molar-refractivity contribution in [2.24, 2.45) is 4.99 Å². The predicted octanol–water partition coefficient (Wildman–Crippen LogP) is 2.94. The molecule has 0 atom stereocenters. The van der Waals surface area contributed by atoms with Gasteiger partial charge in [0.2, 0.25) is 0 Å². The van der Waals surface area contributed by atoms with Gasteiger partial charge in [-0.1, -0.05) is 48.0 Å². The minimum absolute atomic E-state index is 0.00592. The van der Waals surface area contributed by atoms with Gasteiger partial charge in [0.1, 0.15) is 5.84 Å². The Labute approximate surface area is 130 Å². The number of carbonyl (C=O) groups excluding carboxylic acids is 1. The number of aliphatic imine (C=N–C) groups is 1. The second kappa shape index (κ2) is 6.43. The molecule has 3 rings (SSSR count). The SMILES string of the molecule is Cc1cccc(C(=O)N2CCC(=NCc3ccccc3)N2)c1. The fourth-order valence-corrected chi connectivity index (χ4v) is 2.46. The molecule has 0 saturated carbocycles. The molecule has 1 N–H and O–H groups in total. The van der Waals surface area contributed by atoms with Crippen LogP contribution in [0.15, 0.2) is 59.6 Å². The van der Waals surface area contributed by atoms with Gasteiger partial charge in [0.15, 0.2) is 0 Å². The normalized spacial score (nSPS) is 15.9. The third kappa shape index (κ3) is 3.34. The number of aryl methyl sites for hydroxylation is 1. The molecule has 1 aliphatic rings. The van der Waals surface area contributed by atoms with Gasteiger partial charge in [0, 0.05) is 18.5 Å². The maximum absolute atomic E-state index is 12.4. The molecule has 1 aliphatic heterocycles. The first-order valence-corrected chi connectivity index (χ1v) is 7.45. The van der Waals surface area contributed by atoms with E-state index in [1.165, 1.54) is 5.56 Å². The second-order valence-electron chi connectivity index (χ2n) is 5.44. The Morgan fingerprint density at radius 2 is 2.00 bits per heavy atom. The number of amidine groups is 1. The van der Waals surface area contributed by atoms with E-state index in [4.69, 9.17) is 0 Å². The predicted molar refractivity (Wildman–Crippen MR) is 87.5 cm³/mol. The van der Waals surface area contributed by atoms with Crippen LogP contribution in [-0.4, -0.2) is 23.3 Å². The van der Waals surface area contributed by atoms with Crippen LogP contribution < -0.4 is 5.43 Å². The quantitative estimate of drug-likeness (QED) is 0.945. The molecule has 0 spiro atoms. The summed E-state index contributed by atoms with van der Waals surface area (Å²) in [7, 11) is 0. The Bertz CT molecular complexity index is 694. The van der Waals surface area contributed by atoms with Crippen LogP contribution in [0.1, 0.15) is 27.9 Å². The monoisotopic (exact) mass is 293 g/mol. The van der Waals surface area contributed by atoms with E-state index in [2.05, 4.69) is 22.6 Å². The Hall–Kier alpha value is -2.62. The third-order valence-electron chi connectivity index (χ3n) is 3.64. The van der Waals surface area contributed by atoms with E-state index in [1.54, 1.807) is 5.01 Å². The lowest BCUT2D eigenvalue weighted by Gasteiger charge is -2.16. The van der Waals surface area contributed by atoms with Gasteiger partial charge in [-0.25, -0.2) is 0 Å². The molecule has 0 radical (unpaired) electrons. The second-order valence-corrected chi connectivity index (χ2v) is 5.44. The van der Waals surface area contributed by atoms with E-state index in [1.807, 2.05) is 49.4 Å². The molecule has 22 heavy (non-hydrogen) atoms. The lowest BCUT2D eigenvalue weighted by Crippen LogP contribution is -2.38. The van der Waals surface area contributed by atoms with Gasteiger partial charge in [-0.15, -0.1) is 0 Å². The van der Waals surface area contributed by atoms with Crippen molar-refractivity contribution >= 4 is 11.7 Å². The molecule has 1 heterocycles. The van der Waals surface area contributed by atoms with Crippen LogP contribution in [0.3, 0.4) is 0 Å². The fraction of sp³-hybridized carbons (Fsp3) is 0.222. The summed E-state index contributed by atoms with van der Waals surface area (Å²) in [5.41, 5.74) is 6.07. The van der Waals surface area contributed by atoms with Crippen molar-refractivity contribution in [2.75, 3.05) is 6.54 Å². The van der Waals surface area contributed by atoms with Gasteiger partial charge in [0.25, 0.3) is 5.91 Å². The number of nitrogens with one attached hydrogen (secondary N) is 1. The van der Waals surface area contributed by atoms with Gasteiger partial charge >= 0.3 is 0 Å². The minimum atomic E-state index is -0.00592. The summed E-state index contributed by atoms with van der Waals surface area (Å²) in [6, 6.07) is 17.7. The van der Waals surface area contributed by atoms with Crippen LogP contribution in [0.4, 0.5) is 0 Å². The van der Waals surface area contributed by atoms with Gasteiger partial charge in [-0.3, -0.25) is 20.2 Å². The zero-order valence-corrected chi connectivity index (χ0v) is 12.6. The minimum Gasteiger partial charge on any atom is -0.283 e. The van der Waals surface area contributed by atoms with E-state index in [-0.39, 0.29) is 5.91 Å². The van der Waals surface area contributed by atoms with Crippen molar-refractivity contribution in [1.29, 1.82) is 0 Å². The van der Waals surface area contributed by atoms with E-state index < -0.39 is 0 Å². The zero-order valence-electron chi connectivity index (χ0n) is 12.6. The molecule has 2 aromatic rings. The number of hydrogen-bond donors (Lipinski definition) is 1. The number of hydrazine groups is 1. The Balaban J connectivity index is 1.63. The van der Waals surface area contributed by atoms with Crippen LogP contribution in [0, 0.1) is 6.92 Å². The average molecular weight is 293 g/mol. The summed E-state index contributed by atoms with van der Waals surface area (Å²) in [5, 5.41) is 1.64. The van der Waals surface area contributed by atoms with E-state index in [0.29, 0.717) is 18.7 Å². The van der Waals surface area contributed by atoms with Crippen LogP contribution >= 0.6 is 0 Å². The highest BCUT2D eigenvalue weighted by Crippen LogP contribution is 2.11. The van der Waals surface area contributed by atoms with Gasteiger partial charge in [-0.05, 0) is 24.6 Å². The fourth-order valence-electron chi connectivity index (χ4n) is 2.46. The Morgan fingerprint density at radius 3 is 2.77 bits per heavy atom. The number of amides is 1. The molecular weight excluding hydrogens is 274 g/mol. The first-order valence-electron chi connectivity index (χ1n) is 7.45. The zero-order chi connectivity index (χ0) is 15.4. The number of hydrogen-bond acceptors (Lipinski definition) is 2. The highest BCUT2D eigenvalue weighted by Gasteiger charge is 2.23. The standard InChI is InChI=1S/C18H19N3O/c1-14-6-5-9-16(12-14)18(22)21-11-10-17(20-21)19-13-15-7-3-2-4-8-15/h2-9,12H,10-11,13H2,1H3,(H,19,20). The Kier molecular flexibility index (Phi) is 4.19. The molecule has 1 fully saturated rings. The van der Waals surface area contributed by atoms with Gasteiger partial charge in [-0.2, -0.15) is 0 Å². The van der Waals surface area contributed by atoms with Crippen LogP contribution in [0.25, 0.3) is 0 Å². The number of benzene rings is 2. The molecule has 1 saturated heterocycles. The molecule has 1 amide bonds. The van der Waals surface area contributed by atoms with E-state index in [0.717, 1.165) is 17.8 Å². The number of rotatable bonds is 3. The van der Waals surface area contributed by atoms with Gasteiger partial charge < -0.3 is 0 Å². The highest BCUT2D eigenvalue weighted by atomic mass is 16.2. The molecule has 0 bridgehead atoms. The number of nitrogens with zero attached hydrogens (tertiary/aromatic N) is 2. The third-order valence-corrected chi connectivity index (χ3v) is 3.64. The molecule has 4 heteroatoms. The summed E-state index contributed by atoms with van der Waals surface area (Å²) < 4.78 is 0. The molecular formula is C18H19N3O. The molecule has 0 aromatic heterocycles. The maximum atomic E-state index is 12.4. The van der Waals surface area contributed by atoms with Crippen LogP contribution in [0.5, 0.6) is 0 Å². The van der Waals surface area contributed by atoms with Crippen molar-refractivity contribution < 1.29 is 4.79 Å². The summed E-state index contributed by atoms with van der Waals surface area (Å²) in [4.78, 5) is 17.0. The van der Waals surface area contributed by atoms with Crippen molar-refractivity contribution in [3.63, 3.8) is 0 Å². The molecule has 112 valence electrons. The highest BCUT2D eigenvalue weighted by molar-refractivity contribution is 5.97. The summed E-state index contributed by atoms with van der Waals surface area (Å²) in [6.07, 6.45) is 0.768. The maximum Gasteiger partial charge on any atom is 0.272 e. The summed E-state index contributed by atoms with van der Waals surface area (Å²) in [6.45, 7) is 3.27. The summed E-state index contributed by atoms with van der Waals surface area (Å²) in [5.74, 6) is 0.860. The summed E-state index contributed by atoms with van der Waals surface area (Å²) >= 11 is 0. The van der Waals surface area contributed by atoms with Crippen molar-refractivity contribution in [2.45, 2.75) is 19.9 Å². The molecule has 0 unspecified atom stereocenters. The average Bonchev–Trinajstić information content (AvgIpc) is 3.02. The van der Waals surface area contributed by atoms with Crippen molar-refractivity contribution in [3.05, 3.63) is 71.3 Å². The van der Waals surface area contributed by atoms with Crippen molar-refractivity contribution in [3.8, 4) is 0 Å². The molecule has 4 nitrogen and oxygen atoms in total. The molecule has 2 aromatic carbocycles. The largest absolute Gasteiger partial charge is 0.283 e. The topological polar surface area (TPSA) is 44.7 Å². The number of carbonyl (C=O) groups is 1. The van der Waals surface area contributed by atoms with Crippen molar-refractivity contribution in [1.82, 2.24) is 10.4 Å². The Morgan fingerprint density at radius 1 is 1.18 bits per heavy atom. The first kappa shape index (κ1) is 14.3. The first-order chi connectivity index (χ1) is 10.7.